The van der Waals surface area contributed by atoms with Crippen molar-refractivity contribution >= 4 is 5.97 Å². The zero-order chi connectivity index (χ0) is 14.3. The molecule has 5 unspecified atom stereocenters. The Morgan fingerprint density at radius 1 is 1.20 bits per heavy atom. The van der Waals surface area contributed by atoms with Crippen molar-refractivity contribution in [2.75, 3.05) is 0 Å². The zero-order valence-corrected chi connectivity index (χ0v) is 13.4. The molecule has 3 fully saturated rings. The molecule has 3 saturated carbocycles. The van der Waals surface area contributed by atoms with Crippen LogP contribution in [0.1, 0.15) is 72.1 Å². The van der Waals surface area contributed by atoms with Gasteiger partial charge in [-0.25, -0.2) is 0 Å². The number of rotatable bonds is 3. The van der Waals surface area contributed by atoms with E-state index in [0.717, 1.165) is 37.0 Å². The van der Waals surface area contributed by atoms with Gasteiger partial charge in [0.1, 0.15) is 5.60 Å². The third-order valence-electron chi connectivity index (χ3n) is 6.65. The van der Waals surface area contributed by atoms with Gasteiger partial charge in [-0.15, -0.1) is 0 Å². The molecule has 2 bridgehead atoms. The van der Waals surface area contributed by atoms with E-state index in [1.807, 2.05) is 0 Å². The molecule has 0 heterocycles. The molecule has 0 amide bonds. The van der Waals surface area contributed by atoms with Crippen LogP contribution in [0.3, 0.4) is 0 Å². The van der Waals surface area contributed by atoms with Gasteiger partial charge < -0.3 is 4.74 Å². The molecule has 0 radical (unpaired) electrons. The lowest BCUT2D eigenvalue weighted by Gasteiger charge is -2.37. The van der Waals surface area contributed by atoms with Crippen LogP contribution < -0.4 is 0 Å². The quantitative estimate of drug-likeness (QED) is 0.707. The Balaban J connectivity index is 1.64. The molecule has 0 N–H and O–H groups in total. The van der Waals surface area contributed by atoms with E-state index in [0.29, 0.717) is 5.92 Å². The highest BCUT2D eigenvalue weighted by Gasteiger charge is 2.53. The fourth-order valence-corrected chi connectivity index (χ4v) is 5.42. The van der Waals surface area contributed by atoms with Crippen LogP contribution in [0.5, 0.6) is 0 Å². The van der Waals surface area contributed by atoms with E-state index in [2.05, 4.69) is 20.8 Å². The summed E-state index contributed by atoms with van der Waals surface area (Å²) in [5.41, 5.74) is -0.162. The Morgan fingerprint density at radius 2 is 1.90 bits per heavy atom. The van der Waals surface area contributed by atoms with Crippen molar-refractivity contribution in [1.82, 2.24) is 0 Å². The highest BCUT2D eigenvalue weighted by molar-refractivity contribution is 5.74. The molecule has 3 aliphatic rings. The van der Waals surface area contributed by atoms with E-state index in [9.17, 15) is 4.79 Å². The summed E-state index contributed by atoms with van der Waals surface area (Å²) < 4.78 is 6.00. The van der Waals surface area contributed by atoms with Gasteiger partial charge in [-0.3, -0.25) is 4.79 Å². The number of hydrogen-bond donors (Lipinski definition) is 0. The number of esters is 1. The smallest absolute Gasteiger partial charge is 0.309 e. The van der Waals surface area contributed by atoms with Crippen molar-refractivity contribution in [2.45, 2.75) is 77.7 Å². The van der Waals surface area contributed by atoms with Crippen LogP contribution >= 0.6 is 0 Å². The maximum absolute atomic E-state index is 12.7. The van der Waals surface area contributed by atoms with Crippen LogP contribution in [-0.2, 0) is 9.53 Å². The fourth-order valence-electron chi connectivity index (χ4n) is 5.42. The summed E-state index contributed by atoms with van der Waals surface area (Å²) >= 11 is 0. The van der Waals surface area contributed by atoms with Gasteiger partial charge in [-0.2, -0.15) is 0 Å². The van der Waals surface area contributed by atoms with Gasteiger partial charge in [0.2, 0.25) is 0 Å². The van der Waals surface area contributed by atoms with Gasteiger partial charge in [0.05, 0.1) is 5.92 Å². The summed E-state index contributed by atoms with van der Waals surface area (Å²) in [5.74, 6) is 3.30. The second-order valence-electron chi connectivity index (χ2n) is 7.86. The van der Waals surface area contributed by atoms with Gasteiger partial charge in [-0.1, -0.05) is 26.7 Å². The van der Waals surface area contributed by atoms with Crippen LogP contribution in [0.15, 0.2) is 0 Å². The van der Waals surface area contributed by atoms with Crippen LogP contribution in [-0.4, -0.2) is 11.6 Å². The molecule has 3 rings (SSSR count). The molecular weight excluding hydrogens is 248 g/mol. The average Bonchev–Trinajstić information content (AvgIpc) is 2.96. The summed E-state index contributed by atoms with van der Waals surface area (Å²) in [6.45, 7) is 6.83. The number of hydrogen-bond acceptors (Lipinski definition) is 2. The van der Waals surface area contributed by atoms with Crippen molar-refractivity contribution in [3.63, 3.8) is 0 Å². The molecule has 0 aromatic carbocycles. The predicted molar refractivity (Wildman–Crippen MR) is 80.2 cm³/mol. The first-order valence-electron chi connectivity index (χ1n) is 8.77. The lowest BCUT2D eigenvalue weighted by Crippen LogP contribution is -2.39. The minimum atomic E-state index is -0.162. The van der Waals surface area contributed by atoms with Crippen molar-refractivity contribution in [2.24, 2.45) is 29.6 Å². The maximum atomic E-state index is 12.7. The molecule has 2 heteroatoms. The Kier molecular flexibility index (Phi) is 3.85. The molecule has 0 aromatic heterocycles. The van der Waals surface area contributed by atoms with E-state index in [1.54, 1.807) is 0 Å². The normalized spacial score (nSPS) is 42.6. The third-order valence-corrected chi connectivity index (χ3v) is 6.65. The number of carbonyl (C=O) groups excluding carboxylic acids is 1. The number of ether oxygens (including phenoxy) is 1. The lowest BCUT2D eigenvalue weighted by molar-refractivity contribution is -0.169. The first kappa shape index (κ1) is 14.4. The highest BCUT2D eigenvalue weighted by atomic mass is 16.6. The third kappa shape index (κ3) is 2.40. The average molecular weight is 278 g/mol. The van der Waals surface area contributed by atoms with Gasteiger partial charge in [0.25, 0.3) is 0 Å². The summed E-state index contributed by atoms with van der Waals surface area (Å²) in [4.78, 5) is 12.7. The molecule has 0 aromatic rings. The number of fused-ring (bicyclic) bond motifs is 2. The first-order chi connectivity index (χ1) is 9.54. The van der Waals surface area contributed by atoms with E-state index < -0.39 is 0 Å². The van der Waals surface area contributed by atoms with Gasteiger partial charge in [0.15, 0.2) is 0 Å². The van der Waals surface area contributed by atoms with Crippen molar-refractivity contribution in [1.29, 1.82) is 0 Å². The second kappa shape index (κ2) is 5.35. The molecule has 3 aliphatic carbocycles. The van der Waals surface area contributed by atoms with Crippen LogP contribution in [0.4, 0.5) is 0 Å². The summed E-state index contributed by atoms with van der Waals surface area (Å²) in [7, 11) is 0. The molecule has 2 nitrogen and oxygen atoms in total. The Bertz CT molecular complexity index is 370. The lowest BCUT2D eigenvalue weighted by atomic mass is 9.73. The molecule has 0 saturated heterocycles. The first-order valence-corrected chi connectivity index (χ1v) is 8.77. The van der Waals surface area contributed by atoms with E-state index in [1.165, 1.54) is 32.1 Å². The van der Waals surface area contributed by atoms with Gasteiger partial charge in [0, 0.05) is 0 Å². The number of carbonyl (C=O) groups is 1. The largest absolute Gasteiger partial charge is 0.459 e. The molecule has 5 atom stereocenters. The van der Waals surface area contributed by atoms with Crippen LogP contribution in [0.25, 0.3) is 0 Å². The Labute approximate surface area is 123 Å². The SMILES string of the molecule is CCC1C(C)C2CC(C(=O)OC3(C)CCCCC3)C1C2. The van der Waals surface area contributed by atoms with E-state index in [-0.39, 0.29) is 17.5 Å². The second-order valence-corrected chi connectivity index (χ2v) is 7.86. The monoisotopic (exact) mass is 278 g/mol. The summed E-state index contributed by atoms with van der Waals surface area (Å²) in [5, 5.41) is 0. The molecule has 20 heavy (non-hydrogen) atoms. The highest BCUT2D eigenvalue weighted by Crippen LogP contribution is 2.56. The minimum Gasteiger partial charge on any atom is -0.459 e. The molecular formula is C18H30O2. The van der Waals surface area contributed by atoms with Crippen molar-refractivity contribution < 1.29 is 9.53 Å². The van der Waals surface area contributed by atoms with E-state index in [4.69, 9.17) is 4.74 Å². The fraction of sp³-hybridized carbons (Fsp3) is 0.944. The van der Waals surface area contributed by atoms with Gasteiger partial charge >= 0.3 is 5.97 Å². The predicted octanol–water partition coefficient (Wildman–Crippen LogP) is 4.57. The van der Waals surface area contributed by atoms with Crippen molar-refractivity contribution in [3.05, 3.63) is 0 Å². The molecule has 0 aliphatic heterocycles. The zero-order valence-electron chi connectivity index (χ0n) is 13.4. The maximum Gasteiger partial charge on any atom is 0.309 e. The topological polar surface area (TPSA) is 26.3 Å². The summed E-state index contributed by atoms with van der Waals surface area (Å²) in [6.07, 6.45) is 9.46. The van der Waals surface area contributed by atoms with Crippen molar-refractivity contribution in [3.8, 4) is 0 Å². The summed E-state index contributed by atoms with van der Waals surface area (Å²) in [6, 6.07) is 0. The van der Waals surface area contributed by atoms with Crippen LogP contribution in [0.2, 0.25) is 0 Å². The van der Waals surface area contributed by atoms with E-state index >= 15 is 0 Å². The van der Waals surface area contributed by atoms with Gasteiger partial charge in [-0.05, 0) is 69.1 Å². The standard InChI is InChI=1S/C18H30O2/c1-4-14-12(2)13-10-15(14)16(11-13)17(19)20-18(3)8-6-5-7-9-18/h12-16H,4-11H2,1-3H3. The van der Waals surface area contributed by atoms with Crippen LogP contribution in [0, 0.1) is 29.6 Å². The molecule has 0 spiro atoms. The minimum absolute atomic E-state index is 0.132. The Morgan fingerprint density at radius 3 is 2.50 bits per heavy atom. The molecule has 114 valence electrons. The Hall–Kier alpha value is -0.530.